The summed E-state index contributed by atoms with van der Waals surface area (Å²) in [5.41, 5.74) is -0.475. The molecule has 1 aromatic heterocycles. The Morgan fingerprint density at radius 2 is 1.79 bits per heavy atom. The number of nitrogens with one attached hydrogen (secondary N) is 1. The number of carbonyl (C=O) groups excluding carboxylic acids is 2. The van der Waals surface area contributed by atoms with E-state index < -0.39 is 17.5 Å². The van der Waals surface area contributed by atoms with Crippen LogP contribution < -0.4 is 25.2 Å². The second kappa shape index (κ2) is 9.74. The average molecular weight is 453 g/mol. The molecule has 0 aliphatic carbocycles. The van der Waals surface area contributed by atoms with Gasteiger partial charge in [0.25, 0.3) is 5.91 Å². The summed E-state index contributed by atoms with van der Waals surface area (Å²) in [4.78, 5) is 37.4. The number of hydrogen-bond acceptors (Lipinski definition) is 8. The molecule has 0 saturated carbocycles. The zero-order valence-electron chi connectivity index (χ0n) is 18.2. The van der Waals surface area contributed by atoms with Crippen molar-refractivity contribution >= 4 is 22.8 Å². The van der Waals surface area contributed by atoms with E-state index in [1.54, 1.807) is 18.2 Å². The van der Waals surface area contributed by atoms with Crippen molar-refractivity contribution < 1.29 is 33.0 Å². The normalized spacial score (nSPS) is 15.3. The van der Waals surface area contributed by atoms with Gasteiger partial charge in [0.05, 0.1) is 25.9 Å². The molecule has 9 nitrogen and oxygen atoms in total. The largest absolute Gasteiger partial charge is 0.497 e. The molecule has 1 unspecified atom stereocenters. The van der Waals surface area contributed by atoms with Gasteiger partial charge in [0, 0.05) is 30.7 Å². The zero-order valence-corrected chi connectivity index (χ0v) is 18.2. The van der Waals surface area contributed by atoms with E-state index in [-0.39, 0.29) is 28.6 Å². The first-order chi connectivity index (χ1) is 16.0. The number of benzene rings is 2. The van der Waals surface area contributed by atoms with E-state index in [0.717, 1.165) is 12.8 Å². The fraction of sp³-hybridized carbons (Fsp3) is 0.292. The Labute approximate surface area is 189 Å². The summed E-state index contributed by atoms with van der Waals surface area (Å²) in [5, 5.41) is 3.22. The minimum absolute atomic E-state index is 0.0387. The summed E-state index contributed by atoms with van der Waals surface area (Å²) in [6.45, 7) is 1.01. The minimum Gasteiger partial charge on any atom is -0.497 e. The van der Waals surface area contributed by atoms with E-state index in [9.17, 15) is 14.4 Å². The zero-order chi connectivity index (χ0) is 23.4. The fourth-order valence-corrected chi connectivity index (χ4v) is 3.51. The van der Waals surface area contributed by atoms with E-state index >= 15 is 0 Å². The van der Waals surface area contributed by atoms with Gasteiger partial charge in [-0.2, -0.15) is 0 Å². The number of esters is 1. The lowest BCUT2D eigenvalue weighted by Crippen LogP contribution is -2.34. The van der Waals surface area contributed by atoms with Crippen LogP contribution >= 0.6 is 0 Å². The van der Waals surface area contributed by atoms with Crippen molar-refractivity contribution in [3.63, 3.8) is 0 Å². The van der Waals surface area contributed by atoms with Crippen LogP contribution in [0.3, 0.4) is 0 Å². The van der Waals surface area contributed by atoms with Crippen LogP contribution in [0.1, 0.15) is 33.6 Å². The highest BCUT2D eigenvalue weighted by Crippen LogP contribution is 2.25. The lowest BCUT2D eigenvalue weighted by atomic mass is 10.1. The Kier molecular flexibility index (Phi) is 6.60. The average Bonchev–Trinajstić information content (AvgIpc) is 3.35. The van der Waals surface area contributed by atoms with E-state index in [0.29, 0.717) is 30.0 Å². The molecule has 172 valence electrons. The molecule has 2 aromatic carbocycles. The van der Waals surface area contributed by atoms with Gasteiger partial charge in [-0.15, -0.1) is 0 Å². The summed E-state index contributed by atoms with van der Waals surface area (Å²) in [7, 11) is 2.96. The van der Waals surface area contributed by atoms with Gasteiger partial charge >= 0.3 is 11.6 Å². The van der Waals surface area contributed by atoms with E-state index in [4.69, 9.17) is 23.4 Å². The molecular weight excluding hydrogens is 430 g/mol. The Hall–Kier alpha value is -3.85. The summed E-state index contributed by atoms with van der Waals surface area (Å²) < 4.78 is 26.5. The predicted octanol–water partition coefficient (Wildman–Crippen LogP) is 2.94. The first-order valence-corrected chi connectivity index (χ1v) is 10.4. The second-order valence-corrected chi connectivity index (χ2v) is 7.48. The maximum atomic E-state index is 12.6. The lowest BCUT2D eigenvalue weighted by Gasteiger charge is -2.11. The highest BCUT2D eigenvalue weighted by Gasteiger charge is 2.19. The number of rotatable bonds is 7. The summed E-state index contributed by atoms with van der Waals surface area (Å²) in [6.07, 6.45) is 1.79. The van der Waals surface area contributed by atoms with Crippen LogP contribution in [0.15, 0.2) is 51.7 Å². The molecule has 1 aliphatic heterocycles. The quantitative estimate of drug-likeness (QED) is 0.330. The maximum absolute atomic E-state index is 12.6. The Morgan fingerprint density at radius 3 is 2.45 bits per heavy atom. The molecule has 3 aromatic rings. The third-order valence-corrected chi connectivity index (χ3v) is 5.26. The van der Waals surface area contributed by atoms with Gasteiger partial charge in [0.15, 0.2) is 0 Å². The number of methoxy groups -OCH3 is 2. The molecule has 1 amide bonds. The van der Waals surface area contributed by atoms with Crippen LogP contribution in [0.5, 0.6) is 17.2 Å². The van der Waals surface area contributed by atoms with Crippen LogP contribution in [-0.4, -0.2) is 45.4 Å². The molecule has 0 spiro atoms. The standard InChI is InChI=1S/C24H23NO8/c1-29-18-8-15(9-19(11-18)30-2)23(27)32-16-6-5-14-10-20(24(28)33-21(14)12-16)22(26)25-13-17-4-3-7-31-17/h5-6,8-12,17H,3-4,7,13H2,1-2H3,(H,25,26). The van der Waals surface area contributed by atoms with Crippen LogP contribution in [0, 0.1) is 0 Å². The summed E-state index contributed by atoms with van der Waals surface area (Å²) in [6, 6.07) is 10.7. The molecule has 1 fully saturated rings. The molecule has 2 heterocycles. The van der Waals surface area contributed by atoms with Crippen molar-refractivity contribution in [3.8, 4) is 17.2 Å². The van der Waals surface area contributed by atoms with Crippen molar-refractivity contribution in [2.24, 2.45) is 0 Å². The summed E-state index contributed by atoms with van der Waals surface area (Å²) in [5.74, 6) is -0.108. The Balaban J connectivity index is 1.51. The van der Waals surface area contributed by atoms with E-state index in [1.165, 1.54) is 38.5 Å². The monoisotopic (exact) mass is 453 g/mol. The van der Waals surface area contributed by atoms with Gasteiger partial charge in [-0.25, -0.2) is 9.59 Å². The molecular formula is C24H23NO8. The molecule has 1 aliphatic rings. The number of ether oxygens (including phenoxy) is 4. The Morgan fingerprint density at radius 1 is 1.03 bits per heavy atom. The fourth-order valence-electron chi connectivity index (χ4n) is 3.51. The van der Waals surface area contributed by atoms with Crippen LogP contribution in [0.25, 0.3) is 11.0 Å². The van der Waals surface area contributed by atoms with Crippen LogP contribution in [0.4, 0.5) is 0 Å². The van der Waals surface area contributed by atoms with Crippen molar-refractivity contribution in [3.05, 3.63) is 64.0 Å². The van der Waals surface area contributed by atoms with E-state index in [1.807, 2.05) is 0 Å². The molecule has 1 atom stereocenters. The van der Waals surface area contributed by atoms with Crippen molar-refractivity contribution in [1.82, 2.24) is 5.32 Å². The van der Waals surface area contributed by atoms with Gasteiger partial charge in [-0.1, -0.05) is 0 Å². The van der Waals surface area contributed by atoms with Crippen molar-refractivity contribution in [1.29, 1.82) is 0 Å². The smallest absolute Gasteiger partial charge is 0.349 e. The topological polar surface area (TPSA) is 113 Å². The third kappa shape index (κ3) is 5.15. The first kappa shape index (κ1) is 22.3. The highest BCUT2D eigenvalue weighted by atomic mass is 16.5. The minimum atomic E-state index is -0.784. The molecule has 0 bridgehead atoms. The highest BCUT2D eigenvalue weighted by molar-refractivity contribution is 5.97. The molecule has 33 heavy (non-hydrogen) atoms. The summed E-state index contributed by atoms with van der Waals surface area (Å²) >= 11 is 0. The molecule has 9 heteroatoms. The van der Waals surface area contributed by atoms with Gasteiger partial charge in [-0.05, 0) is 43.2 Å². The molecule has 0 radical (unpaired) electrons. The number of fused-ring (bicyclic) bond motifs is 1. The lowest BCUT2D eigenvalue weighted by molar-refractivity contribution is 0.0734. The SMILES string of the molecule is COc1cc(OC)cc(C(=O)Oc2ccc3cc(C(=O)NCC4CCCO4)c(=O)oc3c2)c1. The van der Waals surface area contributed by atoms with Gasteiger partial charge in [0.2, 0.25) is 0 Å². The molecule has 1 N–H and O–H groups in total. The molecule has 1 saturated heterocycles. The van der Waals surface area contributed by atoms with Gasteiger partial charge in [-0.3, -0.25) is 4.79 Å². The predicted molar refractivity (Wildman–Crippen MR) is 118 cm³/mol. The third-order valence-electron chi connectivity index (χ3n) is 5.26. The first-order valence-electron chi connectivity index (χ1n) is 10.4. The van der Waals surface area contributed by atoms with Crippen molar-refractivity contribution in [2.75, 3.05) is 27.4 Å². The molecule has 4 rings (SSSR count). The maximum Gasteiger partial charge on any atom is 0.349 e. The van der Waals surface area contributed by atoms with E-state index in [2.05, 4.69) is 5.32 Å². The Bertz CT molecular complexity index is 1220. The van der Waals surface area contributed by atoms with Gasteiger partial charge < -0.3 is 28.7 Å². The van der Waals surface area contributed by atoms with Crippen LogP contribution in [0.2, 0.25) is 0 Å². The second-order valence-electron chi connectivity index (χ2n) is 7.48. The number of hydrogen-bond donors (Lipinski definition) is 1. The van der Waals surface area contributed by atoms with Crippen molar-refractivity contribution in [2.45, 2.75) is 18.9 Å². The van der Waals surface area contributed by atoms with Gasteiger partial charge in [0.1, 0.15) is 28.4 Å². The number of carbonyl (C=O) groups is 2. The number of amides is 1. The van der Waals surface area contributed by atoms with Crippen LogP contribution in [-0.2, 0) is 4.74 Å².